The molecule has 100 valence electrons. The molecular formula is C16H15Cl3. The highest BCUT2D eigenvalue weighted by Gasteiger charge is 2.13. The van der Waals surface area contributed by atoms with Crippen LogP contribution in [0.25, 0.3) is 0 Å². The zero-order valence-corrected chi connectivity index (χ0v) is 12.7. The Bertz CT molecular complexity index is 523. The highest BCUT2D eigenvalue weighted by atomic mass is 35.5. The molecule has 1 atom stereocenters. The Morgan fingerprint density at radius 2 is 1.58 bits per heavy atom. The summed E-state index contributed by atoms with van der Waals surface area (Å²) >= 11 is 18.3. The van der Waals surface area contributed by atoms with Crippen LogP contribution in [0, 0.1) is 5.92 Å². The summed E-state index contributed by atoms with van der Waals surface area (Å²) in [5, 5.41) is 1.25. The van der Waals surface area contributed by atoms with E-state index in [1.165, 1.54) is 5.56 Å². The lowest BCUT2D eigenvalue weighted by molar-refractivity contribution is 0.584. The predicted molar refractivity (Wildman–Crippen MR) is 84.5 cm³/mol. The standard InChI is InChI=1S/C16H15Cl3/c17-11-13(9-12-5-2-1-3-6-12)10-14-7-4-8-15(18)16(14)19/h1-8,13H,9-11H2. The van der Waals surface area contributed by atoms with Crippen LogP contribution in [0.2, 0.25) is 10.0 Å². The summed E-state index contributed by atoms with van der Waals surface area (Å²) in [5.74, 6) is 0.970. The van der Waals surface area contributed by atoms with Crippen molar-refractivity contribution < 1.29 is 0 Å². The summed E-state index contributed by atoms with van der Waals surface area (Å²) < 4.78 is 0. The molecule has 0 N–H and O–H groups in total. The van der Waals surface area contributed by atoms with Crippen molar-refractivity contribution in [1.29, 1.82) is 0 Å². The first-order valence-corrected chi connectivity index (χ1v) is 7.52. The van der Waals surface area contributed by atoms with Gasteiger partial charge in [0.15, 0.2) is 0 Å². The van der Waals surface area contributed by atoms with Crippen molar-refractivity contribution in [3.05, 3.63) is 69.7 Å². The van der Waals surface area contributed by atoms with E-state index in [4.69, 9.17) is 34.8 Å². The van der Waals surface area contributed by atoms with Crippen LogP contribution in [0.5, 0.6) is 0 Å². The highest BCUT2D eigenvalue weighted by molar-refractivity contribution is 6.42. The molecule has 2 rings (SSSR count). The first-order valence-electron chi connectivity index (χ1n) is 6.23. The molecule has 0 bridgehead atoms. The number of hydrogen-bond acceptors (Lipinski definition) is 0. The summed E-state index contributed by atoms with van der Waals surface area (Å²) in [4.78, 5) is 0. The van der Waals surface area contributed by atoms with Gasteiger partial charge in [-0.1, -0.05) is 65.7 Å². The molecular weight excluding hydrogens is 299 g/mol. The fourth-order valence-corrected chi connectivity index (χ4v) is 2.76. The monoisotopic (exact) mass is 312 g/mol. The van der Waals surface area contributed by atoms with Gasteiger partial charge in [-0.2, -0.15) is 0 Å². The summed E-state index contributed by atoms with van der Waals surface area (Å²) in [6.45, 7) is 0. The molecule has 1 unspecified atom stereocenters. The summed E-state index contributed by atoms with van der Waals surface area (Å²) in [7, 11) is 0. The van der Waals surface area contributed by atoms with Gasteiger partial charge in [-0.25, -0.2) is 0 Å². The summed E-state index contributed by atoms with van der Waals surface area (Å²) in [6.07, 6.45) is 1.80. The van der Waals surface area contributed by atoms with Crippen LogP contribution in [0.3, 0.4) is 0 Å². The van der Waals surface area contributed by atoms with Gasteiger partial charge in [0.25, 0.3) is 0 Å². The average Bonchev–Trinajstić information content (AvgIpc) is 2.44. The van der Waals surface area contributed by atoms with Crippen LogP contribution in [0.1, 0.15) is 11.1 Å². The molecule has 0 aliphatic rings. The second-order valence-corrected chi connectivity index (χ2v) is 5.72. The van der Waals surface area contributed by atoms with Crippen LogP contribution in [-0.4, -0.2) is 5.88 Å². The topological polar surface area (TPSA) is 0 Å². The molecule has 2 aromatic rings. The zero-order chi connectivity index (χ0) is 13.7. The van der Waals surface area contributed by atoms with Crippen LogP contribution >= 0.6 is 34.8 Å². The maximum absolute atomic E-state index is 6.22. The third kappa shape index (κ3) is 4.14. The molecule has 0 saturated heterocycles. The third-order valence-corrected chi connectivity index (χ3v) is 4.42. The maximum atomic E-state index is 6.22. The average molecular weight is 314 g/mol. The van der Waals surface area contributed by atoms with E-state index in [2.05, 4.69) is 12.1 Å². The van der Waals surface area contributed by atoms with E-state index in [9.17, 15) is 0 Å². The van der Waals surface area contributed by atoms with Gasteiger partial charge in [0.05, 0.1) is 10.0 Å². The Morgan fingerprint density at radius 3 is 2.26 bits per heavy atom. The van der Waals surface area contributed by atoms with Crippen molar-refractivity contribution in [3.8, 4) is 0 Å². The first-order chi connectivity index (χ1) is 9.20. The molecule has 0 aliphatic heterocycles. The number of halogens is 3. The molecule has 19 heavy (non-hydrogen) atoms. The normalized spacial score (nSPS) is 12.4. The molecule has 0 amide bonds. The molecule has 0 fully saturated rings. The molecule has 0 aliphatic carbocycles. The Hall–Kier alpha value is -0.690. The van der Waals surface area contributed by atoms with E-state index in [-0.39, 0.29) is 0 Å². The smallest absolute Gasteiger partial charge is 0.0624 e. The zero-order valence-electron chi connectivity index (χ0n) is 10.5. The minimum Gasteiger partial charge on any atom is -0.126 e. The number of alkyl halides is 1. The Labute approximate surface area is 129 Å². The van der Waals surface area contributed by atoms with E-state index in [0.29, 0.717) is 21.8 Å². The van der Waals surface area contributed by atoms with E-state index >= 15 is 0 Å². The van der Waals surface area contributed by atoms with Crippen molar-refractivity contribution >= 4 is 34.8 Å². The summed E-state index contributed by atoms with van der Waals surface area (Å²) in [5.41, 5.74) is 2.36. The van der Waals surface area contributed by atoms with Crippen molar-refractivity contribution in [1.82, 2.24) is 0 Å². The minimum absolute atomic E-state index is 0.361. The van der Waals surface area contributed by atoms with E-state index in [1.807, 2.05) is 30.3 Å². The molecule has 0 saturated carbocycles. The van der Waals surface area contributed by atoms with E-state index in [0.717, 1.165) is 18.4 Å². The Morgan fingerprint density at radius 1 is 0.842 bits per heavy atom. The van der Waals surface area contributed by atoms with Crippen molar-refractivity contribution in [2.45, 2.75) is 12.8 Å². The van der Waals surface area contributed by atoms with Gasteiger partial charge < -0.3 is 0 Å². The van der Waals surface area contributed by atoms with Crippen LogP contribution in [0.4, 0.5) is 0 Å². The Balaban J connectivity index is 2.09. The van der Waals surface area contributed by atoms with Gasteiger partial charge in [-0.3, -0.25) is 0 Å². The molecule has 3 heteroatoms. The SMILES string of the molecule is ClCC(Cc1ccccc1)Cc1cccc(Cl)c1Cl. The lowest BCUT2D eigenvalue weighted by Gasteiger charge is -2.15. The predicted octanol–water partition coefficient (Wildman–Crippen LogP) is 5.63. The molecule has 2 aromatic carbocycles. The van der Waals surface area contributed by atoms with Gasteiger partial charge >= 0.3 is 0 Å². The van der Waals surface area contributed by atoms with Gasteiger partial charge in [0.2, 0.25) is 0 Å². The van der Waals surface area contributed by atoms with Crippen LogP contribution in [-0.2, 0) is 12.8 Å². The maximum Gasteiger partial charge on any atom is 0.0624 e. The van der Waals surface area contributed by atoms with Gasteiger partial charge in [-0.15, -0.1) is 11.6 Å². The molecule has 0 aromatic heterocycles. The number of rotatable bonds is 5. The fourth-order valence-electron chi connectivity index (χ4n) is 2.15. The van der Waals surface area contributed by atoms with Crippen LogP contribution < -0.4 is 0 Å². The van der Waals surface area contributed by atoms with Crippen molar-refractivity contribution in [2.24, 2.45) is 5.92 Å². The third-order valence-electron chi connectivity index (χ3n) is 3.13. The van der Waals surface area contributed by atoms with E-state index in [1.54, 1.807) is 6.07 Å². The van der Waals surface area contributed by atoms with Crippen LogP contribution in [0.15, 0.2) is 48.5 Å². The van der Waals surface area contributed by atoms with Gasteiger partial charge in [-0.05, 0) is 36.0 Å². The number of benzene rings is 2. The lowest BCUT2D eigenvalue weighted by Crippen LogP contribution is -2.10. The second-order valence-electron chi connectivity index (χ2n) is 4.63. The lowest BCUT2D eigenvalue weighted by atomic mass is 9.94. The Kier molecular flexibility index (Phi) is 5.57. The van der Waals surface area contributed by atoms with Gasteiger partial charge in [0.1, 0.15) is 0 Å². The molecule has 0 spiro atoms. The molecule has 0 nitrogen and oxygen atoms in total. The largest absolute Gasteiger partial charge is 0.126 e. The second kappa shape index (κ2) is 7.19. The number of hydrogen-bond donors (Lipinski definition) is 0. The van der Waals surface area contributed by atoms with E-state index < -0.39 is 0 Å². The molecule has 0 radical (unpaired) electrons. The van der Waals surface area contributed by atoms with Gasteiger partial charge in [0, 0.05) is 5.88 Å². The molecule has 0 heterocycles. The first kappa shape index (κ1) is 14.7. The highest BCUT2D eigenvalue weighted by Crippen LogP contribution is 2.28. The van der Waals surface area contributed by atoms with Crippen molar-refractivity contribution in [3.63, 3.8) is 0 Å². The quantitative estimate of drug-likeness (QED) is 0.627. The fraction of sp³-hybridized carbons (Fsp3) is 0.250. The van der Waals surface area contributed by atoms with Crippen molar-refractivity contribution in [2.75, 3.05) is 5.88 Å². The minimum atomic E-state index is 0.361. The summed E-state index contributed by atoms with van der Waals surface area (Å²) in [6, 6.07) is 16.1.